The summed E-state index contributed by atoms with van der Waals surface area (Å²) in [6.07, 6.45) is 5.82. The largest absolute Gasteiger partial charge is 0.444 e. The summed E-state index contributed by atoms with van der Waals surface area (Å²) in [5.74, 6) is 2.74. The van der Waals surface area contributed by atoms with Gasteiger partial charge in [-0.2, -0.15) is 0 Å². The first kappa shape index (κ1) is 20.1. The fraction of sp³-hybridized carbons (Fsp3) is 0.778. The molecule has 0 aromatic heterocycles. The minimum atomic E-state index is -0.551. The predicted molar refractivity (Wildman–Crippen MR) is 92.5 cm³/mol. The van der Waals surface area contributed by atoms with Crippen LogP contribution < -0.4 is 5.32 Å². The summed E-state index contributed by atoms with van der Waals surface area (Å²) in [6.45, 7) is 11.9. The van der Waals surface area contributed by atoms with Gasteiger partial charge in [-0.25, -0.2) is 9.59 Å². The lowest BCUT2D eigenvalue weighted by Crippen LogP contribution is -2.40. The van der Waals surface area contributed by atoms with E-state index in [9.17, 15) is 9.59 Å². The quantitative estimate of drug-likeness (QED) is 0.803. The van der Waals surface area contributed by atoms with Crippen LogP contribution in [0.2, 0.25) is 0 Å². The van der Waals surface area contributed by atoms with Gasteiger partial charge in [-0.1, -0.05) is 0 Å². The van der Waals surface area contributed by atoms with Crippen molar-refractivity contribution in [1.82, 2.24) is 10.2 Å². The Balaban J connectivity index is 2.59. The van der Waals surface area contributed by atoms with Crippen LogP contribution in [-0.4, -0.2) is 47.4 Å². The van der Waals surface area contributed by atoms with Gasteiger partial charge in [0.05, 0.1) is 0 Å². The number of amides is 2. The van der Waals surface area contributed by atoms with E-state index in [1.165, 1.54) is 0 Å². The summed E-state index contributed by atoms with van der Waals surface area (Å²) in [5.41, 5.74) is -1.08. The van der Waals surface area contributed by atoms with Crippen LogP contribution in [0, 0.1) is 18.3 Å². The summed E-state index contributed by atoms with van der Waals surface area (Å²) in [4.78, 5) is 25.8. The molecule has 0 radical (unpaired) electrons. The van der Waals surface area contributed by atoms with Gasteiger partial charge < -0.3 is 19.7 Å². The van der Waals surface area contributed by atoms with E-state index in [0.29, 0.717) is 19.5 Å². The number of terminal acetylenes is 1. The number of hydrogen-bond acceptors (Lipinski definition) is 4. The second kappa shape index (κ2) is 7.78. The highest BCUT2D eigenvalue weighted by molar-refractivity contribution is 5.69. The zero-order valence-electron chi connectivity index (χ0n) is 15.6. The number of carbonyl (C=O) groups excluding carboxylic acids is 2. The maximum atomic E-state index is 12.3. The minimum Gasteiger partial charge on any atom is -0.444 e. The van der Waals surface area contributed by atoms with Gasteiger partial charge in [-0.3, -0.25) is 0 Å². The van der Waals surface area contributed by atoms with Gasteiger partial charge in [0.1, 0.15) is 11.2 Å². The zero-order valence-corrected chi connectivity index (χ0v) is 15.6. The van der Waals surface area contributed by atoms with Gasteiger partial charge in [0.2, 0.25) is 0 Å². The van der Waals surface area contributed by atoms with E-state index in [2.05, 4.69) is 11.2 Å². The van der Waals surface area contributed by atoms with Gasteiger partial charge in [-0.05, 0) is 53.9 Å². The first-order chi connectivity index (χ1) is 10.9. The SMILES string of the molecule is C#CCC1CC(CNC(=O)OC(C)(C)C)CN1C(=O)OC(C)(C)C. The lowest BCUT2D eigenvalue weighted by atomic mass is 10.0. The highest BCUT2D eigenvalue weighted by Gasteiger charge is 2.37. The number of nitrogens with zero attached hydrogens (tertiary/aromatic N) is 1. The van der Waals surface area contributed by atoms with Crippen LogP contribution in [0.4, 0.5) is 9.59 Å². The topological polar surface area (TPSA) is 67.9 Å². The van der Waals surface area contributed by atoms with Crippen LogP contribution in [0.15, 0.2) is 0 Å². The molecule has 1 saturated heterocycles. The maximum absolute atomic E-state index is 12.3. The first-order valence-electron chi connectivity index (χ1n) is 8.31. The standard InChI is InChI=1S/C18H30N2O4/c1-8-9-14-10-13(11-19-15(21)23-17(2,3)4)12-20(14)16(22)24-18(5,6)7/h1,13-14H,9-12H2,2-7H3,(H,19,21). The molecule has 0 aromatic carbocycles. The number of likely N-dealkylation sites (tertiary alicyclic amines) is 1. The molecule has 1 N–H and O–H groups in total. The van der Waals surface area contributed by atoms with Crippen molar-refractivity contribution >= 4 is 12.2 Å². The Hall–Kier alpha value is -1.90. The smallest absolute Gasteiger partial charge is 0.410 e. The van der Waals surface area contributed by atoms with Gasteiger partial charge in [-0.15, -0.1) is 12.3 Å². The van der Waals surface area contributed by atoms with Gasteiger partial charge in [0.15, 0.2) is 0 Å². The third-order valence-corrected chi connectivity index (χ3v) is 3.42. The van der Waals surface area contributed by atoms with E-state index in [0.717, 1.165) is 6.42 Å². The second-order valence-corrected chi connectivity index (χ2v) is 8.18. The van der Waals surface area contributed by atoms with Crippen LogP contribution in [-0.2, 0) is 9.47 Å². The average Bonchev–Trinajstić information content (AvgIpc) is 2.76. The molecule has 136 valence electrons. The van der Waals surface area contributed by atoms with Crippen molar-refractivity contribution in [1.29, 1.82) is 0 Å². The van der Waals surface area contributed by atoms with E-state index in [4.69, 9.17) is 15.9 Å². The number of ether oxygens (including phenoxy) is 2. The van der Waals surface area contributed by atoms with Gasteiger partial charge in [0, 0.05) is 25.6 Å². The first-order valence-corrected chi connectivity index (χ1v) is 8.31. The molecule has 0 bridgehead atoms. The number of rotatable bonds is 3. The van der Waals surface area contributed by atoms with E-state index in [1.54, 1.807) is 4.90 Å². The molecule has 1 aliphatic heterocycles. The van der Waals surface area contributed by atoms with E-state index in [1.807, 2.05) is 41.5 Å². The summed E-state index contributed by atoms with van der Waals surface area (Å²) < 4.78 is 10.7. The van der Waals surface area contributed by atoms with Crippen molar-refractivity contribution in [3.8, 4) is 12.3 Å². The highest BCUT2D eigenvalue weighted by Crippen LogP contribution is 2.27. The van der Waals surface area contributed by atoms with Crippen molar-refractivity contribution in [3.63, 3.8) is 0 Å². The number of nitrogens with one attached hydrogen (secondary N) is 1. The predicted octanol–water partition coefficient (Wildman–Crippen LogP) is 3.16. The molecule has 0 spiro atoms. The third-order valence-electron chi connectivity index (χ3n) is 3.42. The van der Waals surface area contributed by atoms with Crippen LogP contribution >= 0.6 is 0 Å². The number of hydrogen-bond donors (Lipinski definition) is 1. The molecule has 6 nitrogen and oxygen atoms in total. The van der Waals surface area contributed by atoms with Crippen molar-refractivity contribution in [2.75, 3.05) is 13.1 Å². The fourth-order valence-corrected chi connectivity index (χ4v) is 2.58. The molecule has 0 aliphatic carbocycles. The monoisotopic (exact) mass is 338 g/mol. The molecule has 1 rings (SSSR count). The summed E-state index contributed by atoms with van der Waals surface area (Å²) >= 11 is 0. The van der Waals surface area contributed by atoms with Crippen LogP contribution in [0.1, 0.15) is 54.4 Å². The molecular formula is C18H30N2O4. The molecule has 1 fully saturated rings. The van der Waals surface area contributed by atoms with Gasteiger partial charge in [0.25, 0.3) is 0 Å². The Morgan fingerprint density at radius 1 is 1.17 bits per heavy atom. The molecule has 0 saturated carbocycles. The summed E-state index contributed by atoms with van der Waals surface area (Å²) in [6, 6.07) is -0.0599. The molecule has 2 amide bonds. The van der Waals surface area contributed by atoms with Crippen molar-refractivity contribution in [2.24, 2.45) is 5.92 Å². The van der Waals surface area contributed by atoms with E-state index < -0.39 is 17.3 Å². The molecule has 1 heterocycles. The molecular weight excluding hydrogens is 308 g/mol. The maximum Gasteiger partial charge on any atom is 0.410 e. The van der Waals surface area contributed by atoms with Crippen molar-refractivity contribution in [3.05, 3.63) is 0 Å². The number of carbonyl (C=O) groups is 2. The lowest BCUT2D eigenvalue weighted by molar-refractivity contribution is 0.0225. The molecule has 2 atom stereocenters. The average molecular weight is 338 g/mol. The molecule has 6 heteroatoms. The molecule has 24 heavy (non-hydrogen) atoms. The van der Waals surface area contributed by atoms with Crippen molar-refractivity contribution in [2.45, 2.75) is 71.6 Å². The molecule has 0 aromatic rings. The Morgan fingerprint density at radius 2 is 1.75 bits per heavy atom. The second-order valence-electron chi connectivity index (χ2n) is 8.18. The summed E-state index contributed by atoms with van der Waals surface area (Å²) in [7, 11) is 0. The number of alkyl carbamates (subject to hydrolysis) is 1. The van der Waals surface area contributed by atoms with Crippen LogP contribution in [0.25, 0.3) is 0 Å². The summed E-state index contributed by atoms with van der Waals surface area (Å²) in [5, 5.41) is 2.76. The Kier molecular flexibility index (Phi) is 6.53. The lowest BCUT2D eigenvalue weighted by Gasteiger charge is -2.27. The van der Waals surface area contributed by atoms with Crippen LogP contribution in [0.5, 0.6) is 0 Å². The van der Waals surface area contributed by atoms with Gasteiger partial charge >= 0.3 is 12.2 Å². The Morgan fingerprint density at radius 3 is 2.25 bits per heavy atom. The van der Waals surface area contributed by atoms with Crippen molar-refractivity contribution < 1.29 is 19.1 Å². The van der Waals surface area contributed by atoms with E-state index >= 15 is 0 Å². The molecule has 2 unspecified atom stereocenters. The zero-order chi connectivity index (χ0) is 18.5. The van der Waals surface area contributed by atoms with Crippen LogP contribution in [0.3, 0.4) is 0 Å². The fourth-order valence-electron chi connectivity index (χ4n) is 2.58. The Labute approximate surface area is 145 Å². The third kappa shape index (κ3) is 7.12. The Bertz CT molecular complexity index is 497. The normalized spacial score (nSPS) is 21.1. The van der Waals surface area contributed by atoms with E-state index in [-0.39, 0.29) is 18.1 Å². The minimum absolute atomic E-state index is 0.0599. The molecule has 1 aliphatic rings. The highest BCUT2D eigenvalue weighted by atomic mass is 16.6.